The Morgan fingerprint density at radius 2 is 0.865 bits per heavy atom. The van der Waals surface area contributed by atoms with Crippen molar-refractivity contribution in [1.82, 2.24) is 19.1 Å². The summed E-state index contributed by atoms with van der Waals surface area (Å²) in [7, 11) is 9.40. The van der Waals surface area contributed by atoms with Gasteiger partial charge in [-0.3, -0.25) is 0 Å². The van der Waals surface area contributed by atoms with E-state index >= 15 is 0 Å². The molecule has 0 bridgehead atoms. The van der Waals surface area contributed by atoms with Crippen LogP contribution in [0.25, 0.3) is 56.0 Å². The van der Waals surface area contributed by atoms with Gasteiger partial charge in [0.1, 0.15) is 11.6 Å². The quantitative estimate of drug-likeness (QED) is 0.194. The van der Waals surface area contributed by atoms with E-state index in [0.717, 1.165) is 69.1 Å². The molecule has 0 aliphatic carbocycles. The fraction of sp³-hybridized carbons (Fsp3) is 0.133. The van der Waals surface area contributed by atoms with Crippen molar-refractivity contribution in [1.29, 1.82) is 0 Å². The van der Waals surface area contributed by atoms with Crippen molar-refractivity contribution in [3.05, 3.63) is 97.1 Å². The fourth-order valence-corrected chi connectivity index (χ4v) is 5.03. The second kappa shape index (κ2) is 11.5. The standard InChI is InChI=1S/C30H26N4.2ClH.Ni/c1-3-33-27-19-11-9-17-25(27)31-29(33)23-15-7-5-13-21(23)22-14-6-8-16-24(22)30-32-26-18-10-12-20-28(26)34(30)4-2;;;/h5-20H,3-4H2,1-2H3;2*1H;/q;;;+2/p-2. The van der Waals surface area contributed by atoms with Crippen molar-refractivity contribution in [3.8, 4) is 33.9 Å². The van der Waals surface area contributed by atoms with Crippen LogP contribution < -0.4 is 0 Å². The molecule has 0 saturated carbocycles. The molecule has 2 aromatic heterocycles. The number of halogens is 2. The van der Waals surface area contributed by atoms with Crippen molar-refractivity contribution >= 4 is 42.5 Å². The minimum atomic E-state index is 0.569. The van der Waals surface area contributed by atoms with Crippen LogP contribution in [0.4, 0.5) is 0 Å². The van der Waals surface area contributed by atoms with Crippen LogP contribution in [0.5, 0.6) is 0 Å². The van der Waals surface area contributed by atoms with E-state index in [2.05, 4.69) is 120 Å². The summed E-state index contributed by atoms with van der Waals surface area (Å²) < 4.78 is 4.61. The number of hydrogen-bond donors (Lipinski definition) is 0. The summed E-state index contributed by atoms with van der Waals surface area (Å²) in [6.45, 7) is 6.07. The van der Waals surface area contributed by atoms with Gasteiger partial charge in [-0.2, -0.15) is 0 Å². The zero-order valence-electron chi connectivity index (χ0n) is 20.5. The molecule has 0 saturated heterocycles. The minimum absolute atomic E-state index is 0.569. The van der Waals surface area contributed by atoms with Crippen molar-refractivity contribution in [3.63, 3.8) is 0 Å². The molecule has 0 radical (unpaired) electrons. The van der Waals surface area contributed by atoms with Gasteiger partial charge in [0, 0.05) is 24.2 Å². The van der Waals surface area contributed by atoms with E-state index < -0.39 is 0 Å². The molecule has 7 heteroatoms. The molecule has 0 N–H and O–H groups in total. The Morgan fingerprint density at radius 3 is 1.24 bits per heavy atom. The first-order valence-corrected chi connectivity index (χ1v) is 14.9. The predicted molar refractivity (Wildman–Crippen MR) is 152 cm³/mol. The van der Waals surface area contributed by atoms with Gasteiger partial charge in [-0.25, -0.2) is 9.97 Å². The second-order valence-electron chi connectivity index (χ2n) is 8.47. The molecule has 0 spiro atoms. The maximum atomic E-state index is 5.05. The van der Waals surface area contributed by atoms with Gasteiger partial charge >= 0.3 is 33.0 Å². The summed E-state index contributed by atoms with van der Waals surface area (Å²) in [6, 6.07) is 33.9. The van der Waals surface area contributed by atoms with Gasteiger partial charge in [-0.05, 0) is 49.2 Å². The molecule has 6 aromatic rings. The number of aryl methyl sites for hydroxylation is 2. The molecular formula is C30H26Cl2N4Ni. The Kier molecular flexibility index (Phi) is 7.95. The molecule has 0 amide bonds. The number of imidazole rings is 2. The number of aromatic nitrogens is 4. The summed E-state index contributed by atoms with van der Waals surface area (Å²) in [5, 5.41) is 0. The average molecular weight is 572 g/mol. The molecule has 4 aromatic carbocycles. The topological polar surface area (TPSA) is 35.6 Å². The summed E-state index contributed by atoms with van der Waals surface area (Å²) in [5.74, 6) is 2.00. The van der Waals surface area contributed by atoms with Gasteiger partial charge in [0.25, 0.3) is 0 Å². The van der Waals surface area contributed by atoms with Crippen LogP contribution in [0, 0.1) is 0 Å². The number of hydrogen-bond acceptors (Lipinski definition) is 2. The Morgan fingerprint density at radius 1 is 0.541 bits per heavy atom. The molecule has 0 fully saturated rings. The summed E-state index contributed by atoms with van der Waals surface area (Å²) >= 11 is 0.569. The van der Waals surface area contributed by atoms with Crippen molar-refractivity contribution < 1.29 is 12.7 Å². The number of benzene rings is 4. The normalized spacial score (nSPS) is 11.1. The molecule has 37 heavy (non-hydrogen) atoms. The fourth-order valence-electron chi connectivity index (χ4n) is 5.03. The molecular weight excluding hydrogens is 546 g/mol. The van der Waals surface area contributed by atoms with E-state index in [1.54, 1.807) is 0 Å². The number of para-hydroxylation sites is 4. The Hall–Kier alpha value is -3.11. The van der Waals surface area contributed by atoms with Gasteiger partial charge < -0.3 is 9.13 Å². The monoisotopic (exact) mass is 570 g/mol. The van der Waals surface area contributed by atoms with Crippen molar-refractivity contribution in [2.45, 2.75) is 26.9 Å². The van der Waals surface area contributed by atoms with E-state index in [1.165, 1.54) is 0 Å². The third-order valence-electron chi connectivity index (χ3n) is 6.57. The van der Waals surface area contributed by atoms with Crippen LogP contribution in [0.1, 0.15) is 13.8 Å². The average Bonchev–Trinajstić information content (AvgIpc) is 3.51. The molecule has 0 atom stereocenters. The molecule has 0 aliphatic rings. The van der Waals surface area contributed by atoms with Gasteiger partial charge in [0.15, 0.2) is 0 Å². The zero-order chi connectivity index (χ0) is 25.8. The first kappa shape index (κ1) is 25.5. The summed E-state index contributed by atoms with van der Waals surface area (Å²) in [5.41, 5.74) is 8.96. The third kappa shape index (κ3) is 4.80. The van der Waals surface area contributed by atoms with Crippen LogP contribution in [0.3, 0.4) is 0 Å². The molecule has 6 rings (SSSR count). The van der Waals surface area contributed by atoms with Gasteiger partial charge in [0.05, 0.1) is 22.1 Å². The molecule has 4 nitrogen and oxygen atoms in total. The number of nitrogens with zero attached hydrogens (tertiary/aromatic N) is 4. The van der Waals surface area contributed by atoms with Gasteiger partial charge in [-0.1, -0.05) is 72.8 Å². The first-order valence-electron chi connectivity index (χ1n) is 12.1. The summed E-state index contributed by atoms with van der Waals surface area (Å²) in [4.78, 5) is 10.1. The number of fused-ring (bicyclic) bond motifs is 2. The molecule has 0 unspecified atom stereocenters. The van der Waals surface area contributed by atoms with E-state index in [0.29, 0.717) is 12.7 Å². The SMILES string of the molecule is CCn1c(-c2ccccc2-c2ccccc2-c2nc3ccccc3n2CC)nc2ccccc21.[Cl][Ni][Cl]. The first-order chi connectivity index (χ1) is 18.2. The van der Waals surface area contributed by atoms with Crippen LogP contribution >= 0.6 is 20.4 Å². The molecule has 0 aliphatic heterocycles. The van der Waals surface area contributed by atoms with Crippen LogP contribution in [0.2, 0.25) is 0 Å². The maximum absolute atomic E-state index is 5.05. The predicted octanol–water partition coefficient (Wildman–Crippen LogP) is 8.80. The Balaban J connectivity index is 0.000000892. The van der Waals surface area contributed by atoms with E-state index in [4.69, 9.17) is 30.4 Å². The van der Waals surface area contributed by atoms with E-state index in [-0.39, 0.29) is 0 Å². The van der Waals surface area contributed by atoms with Crippen molar-refractivity contribution in [2.75, 3.05) is 0 Å². The van der Waals surface area contributed by atoms with Gasteiger partial charge in [0.2, 0.25) is 0 Å². The van der Waals surface area contributed by atoms with Crippen LogP contribution in [0.15, 0.2) is 97.1 Å². The second-order valence-corrected chi connectivity index (χ2v) is 10.1. The van der Waals surface area contributed by atoms with Gasteiger partial charge in [-0.15, -0.1) is 0 Å². The molecule has 2 heterocycles. The molecule has 190 valence electrons. The Labute approximate surface area is 231 Å². The third-order valence-corrected chi connectivity index (χ3v) is 6.57. The van der Waals surface area contributed by atoms with E-state index in [9.17, 15) is 0 Å². The van der Waals surface area contributed by atoms with E-state index in [1.807, 2.05) is 0 Å². The Bertz CT molecular complexity index is 1550. The zero-order valence-corrected chi connectivity index (χ0v) is 23.0. The number of rotatable bonds is 5. The van der Waals surface area contributed by atoms with Crippen LogP contribution in [-0.4, -0.2) is 19.1 Å². The van der Waals surface area contributed by atoms with Crippen LogP contribution in [-0.2, 0) is 25.7 Å². The van der Waals surface area contributed by atoms with Crippen molar-refractivity contribution in [2.24, 2.45) is 0 Å². The summed E-state index contributed by atoms with van der Waals surface area (Å²) in [6.07, 6.45) is 0.